The van der Waals surface area contributed by atoms with E-state index in [4.69, 9.17) is 11.5 Å². The van der Waals surface area contributed by atoms with Crippen LogP contribution in [0, 0.1) is 18.3 Å². The van der Waals surface area contributed by atoms with E-state index in [0.717, 1.165) is 12.8 Å². The van der Waals surface area contributed by atoms with Crippen LogP contribution in [0.5, 0.6) is 0 Å². The number of unbranched alkanes of at least 4 members (excludes halogenated alkanes) is 1. The molecule has 10 heavy (non-hydrogen) atoms. The maximum Gasteiger partial charge on any atom is 0.318 e. The first-order valence-electron chi connectivity index (χ1n) is 3.37. The molecule has 55 valence electrons. The molecule has 0 spiro atoms. The lowest BCUT2D eigenvalue weighted by atomic mass is 10.0. The predicted molar refractivity (Wildman–Crippen MR) is 37.8 cm³/mol. The molecule has 0 bridgehead atoms. The fraction of sp³-hybridized carbons (Fsp3) is 0.625. The van der Waals surface area contributed by atoms with Crippen LogP contribution in [0.25, 0.3) is 0 Å². The van der Waals surface area contributed by atoms with E-state index < -0.39 is 11.9 Å². The Morgan fingerprint density at radius 3 is 2.70 bits per heavy atom. The van der Waals surface area contributed by atoms with E-state index in [9.17, 15) is 4.79 Å². The molecule has 0 aromatic heterocycles. The average molecular weight is 139 g/mol. The molecule has 1 unspecified atom stereocenters. The number of carbonyl (C=O) groups is 1. The van der Waals surface area contributed by atoms with Crippen LogP contribution in [0.3, 0.4) is 0 Å². The third kappa shape index (κ3) is 3.13. The van der Waals surface area contributed by atoms with Gasteiger partial charge in [-0.3, -0.25) is 4.79 Å². The zero-order valence-corrected chi connectivity index (χ0v) is 6.05. The molecule has 0 saturated carbocycles. The number of aliphatic carboxylic acids is 1. The standard InChI is InChI=1S/C8H11O2/c1-3-5-6-7(4-2)8(9)10/h7H,3,5-6H2,1H3,(H,9,10). The number of carboxylic acid groups (broad SMARTS) is 1. The van der Waals surface area contributed by atoms with Crippen molar-refractivity contribution in [3.63, 3.8) is 0 Å². The average Bonchev–Trinajstić information content (AvgIpc) is 1.89. The third-order valence-electron chi connectivity index (χ3n) is 1.32. The second-order valence-electron chi connectivity index (χ2n) is 2.18. The molecule has 0 aliphatic rings. The Morgan fingerprint density at radius 2 is 2.40 bits per heavy atom. The largest absolute Gasteiger partial charge is 0.480 e. The number of hydrogen-bond donors (Lipinski definition) is 1. The van der Waals surface area contributed by atoms with E-state index in [1.165, 1.54) is 0 Å². The van der Waals surface area contributed by atoms with Gasteiger partial charge in [-0.1, -0.05) is 25.7 Å². The molecule has 0 saturated heterocycles. The van der Waals surface area contributed by atoms with Gasteiger partial charge in [-0.05, 0) is 12.8 Å². The van der Waals surface area contributed by atoms with Gasteiger partial charge in [0.05, 0.1) is 0 Å². The van der Waals surface area contributed by atoms with Crippen LogP contribution < -0.4 is 0 Å². The van der Waals surface area contributed by atoms with Gasteiger partial charge in [0.2, 0.25) is 0 Å². The molecule has 0 aliphatic carbocycles. The first-order valence-corrected chi connectivity index (χ1v) is 3.37. The maximum absolute atomic E-state index is 10.3. The van der Waals surface area contributed by atoms with E-state index in [0.29, 0.717) is 6.42 Å². The van der Waals surface area contributed by atoms with Crippen molar-refractivity contribution in [2.75, 3.05) is 0 Å². The van der Waals surface area contributed by atoms with E-state index in [1.54, 1.807) is 0 Å². The van der Waals surface area contributed by atoms with Crippen LogP contribution in [-0.2, 0) is 4.79 Å². The summed E-state index contributed by atoms with van der Waals surface area (Å²) in [6, 6.07) is 0. The van der Waals surface area contributed by atoms with Gasteiger partial charge < -0.3 is 5.11 Å². The summed E-state index contributed by atoms with van der Waals surface area (Å²) in [5.74, 6) is 0.351. The molecule has 0 rings (SSSR count). The van der Waals surface area contributed by atoms with E-state index in [-0.39, 0.29) is 0 Å². The third-order valence-corrected chi connectivity index (χ3v) is 1.32. The monoisotopic (exact) mass is 139 g/mol. The van der Waals surface area contributed by atoms with Gasteiger partial charge in [0.25, 0.3) is 0 Å². The van der Waals surface area contributed by atoms with Crippen LogP contribution >= 0.6 is 0 Å². The molecule has 0 amide bonds. The van der Waals surface area contributed by atoms with Gasteiger partial charge in [-0.15, -0.1) is 0 Å². The van der Waals surface area contributed by atoms with Crippen molar-refractivity contribution in [1.29, 1.82) is 0 Å². The summed E-state index contributed by atoms with van der Waals surface area (Å²) >= 11 is 0. The highest BCUT2D eigenvalue weighted by atomic mass is 16.4. The van der Waals surface area contributed by atoms with E-state index in [2.05, 4.69) is 0 Å². The number of carboxylic acids is 1. The van der Waals surface area contributed by atoms with Crippen molar-refractivity contribution in [3.8, 4) is 5.92 Å². The Hall–Kier alpha value is -0.970. The highest BCUT2D eigenvalue weighted by Gasteiger charge is 2.12. The van der Waals surface area contributed by atoms with Crippen LogP contribution in [0.4, 0.5) is 0 Å². The Kier molecular flexibility index (Phi) is 4.39. The summed E-state index contributed by atoms with van der Waals surface area (Å²) in [5, 5.41) is 8.42. The number of hydrogen-bond acceptors (Lipinski definition) is 1. The van der Waals surface area contributed by atoms with Crippen molar-refractivity contribution >= 4 is 5.97 Å². The van der Waals surface area contributed by atoms with Crippen molar-refractivity contribution in [1.82, 2.24) is 0 Å². The Balaban J connectivity index is 3.64. The van der Waals surface area contributed by atoms with Crippen molar-refractivity contribution in [3.05, 3.63) is 6.42 Å². The fourth-order valence-corrected chi connectivity index (χ4v) is 0.666. The summed E-state index contributed by atoms with van der Waals surface area (Å²) in [6.45, 7) is 1.99. The molecule has 0 aromatic carbocycles. The zero-order valence-electron chi connectivity index (χ0n) is 6.05. The van der Waals surface area contributed by atoms with Gasteiger partial charge in [-0.25, -0.2) is 0 Å². The topological polar surface area (TPSA) is 37.3 Å². The zero-order chi connectivity index (χ0) is 7.98. The lowest BCUT2D eigenvalue weighted by Crippen LogP contribution is -2.10. The maximum atomic E-state index is 10.3. The molecule has 0 heterocycles. The minimum atomic E-state index is -0.941. The minimum Gasteiger partial charge on any atom is -0.480 e. The molecule has 2 heteroatoms. The van der Waals surface area contributed by atoms with Gasteiger partial charge in [-0.2, -0.15) is 0 Å². The SMILES string of the molecule is [C]#CC(CCCC)C(=O)O. The summed E-state index contributed by atoms with van der Waals surface area (Å²) < 4.78 is 0. The summed E-state index contributed by atoms with van der Waals surface area (Å²) in [7, 11) is 0. The summed E-state index contributed by atoms with van der Waals surface area (Å²) in [4.78, 5) is 10.3. The normalized spacial score (nSPS) is 12.0. The molecule has 1 radical (unpaired) electrons. The molecule has 1 N–H and O–H groups in total. The van der Waals surface area contributed by atoms with E-state index >= 15 is 0 Å². The van der Waals surface area contributed by atoms with Crippen molar-refractivity contribution < 1.29 is 9.90 Å². The van der Waals surface area contributed by atoms with E-state index in [1.807, 2.05) is 12.8 Å². The van der Waals surface area contributed by atoms with Crippen LogP contribution in [0.1, 0.15) is 26.2 Å². The molecule has 2 nitrogen and oxygen atoms in total. The van der Waals surface area contributed by atoms with Gasteiger partial charge in [0.15, 0.2) is 0 Å². The second kappa shape index (κ2) is 4.87. The number of rotatable bonds is 4. The smallest absolute Gasteiger partial charge is 0.318 e. The molecular weight excluding hydrogens is 128 g/mol. The first-order chi connectivity index (χ1) is 4.72. The van der Waals surface area contributed by atoms with Gasteiger partial charge in [0.1, 0.15) is 5.92 Å². The van der Waals surface area contributed by atoms with Gasteiger partial charge >= 0.3 is 5.97 Å². The van der Waals surface area contributed by atoms with Crippen molar-refractivity contribution in [2.24, 2.45) is 5.92 Å². The molecule has 0 aromatic rings. The first kappa shape index (κ1) is 9.03. The Morgan fingerprint density at radius 1 is 1.80 bits per heavy atom. The molecule has 0 fully saturated rings. The summed E-state index contributed by atoms with van der Waals surface area (Å²) in [5.41, 5.74) is 0. The predicted octanol–water partition coefficient (Wildman–Crippen LogP) is 1.47. The Labute approximate surface area is 61.2 Å². The molecular formula is C8H11O2. The van der Waals surface area contributed by atoms with Gasteiger partial charge in [0, 0.05) is 0 Å². The summed E-state index contributed by atoms with van der Waals surface area (Å²) in [6.07, 6.45) is 8.99. The Bertz CT molecular complexity index is 144. The second-order valence-corrected chi connectivity index (χ2v) is 2.18. The lowest BCUT2D eigenvalue weighted by molar-refractivity contribution is -0.139. The van der Waals surface area contributed by atoms with Crippen LogP contribution in [0.2, 0.25) is 0 Å². The highest BCUT2D eigenvalue weighted by molar-refractivity contribution is 5.72. The highest BCUT2D eigenvalue weighted by Crippen LogP contribution is 2.06. The van der Waals surface area contributed by atoms with Crippen LogP contribution in [-0.4, -0.2) is 11.1 Å². The quantitative estimate of drug-likeness (QED) is 0.599. The lowest BCUT2D eigenvalue weighted by Gasteiger charge is -2.01. The van der Waals surface area contributed by atoms with Crippen LogP contribution in [0.15, 0.2) is 0 Å². The fourth-order valence-electron chi connectivity index (χ4n) is 0.666. The minimum absolute atomic E-state index is 0.537. The molecule has 0 aliphatic heterocycles. The molecule has 1 atom stereocenters. The van der Waals surface area contributed by atoms with Crippen molar-refractivity contribution in [2.45, 2.75) is 26.2 Å².